The quantitative estimate of drug-likeness (QED) is 0.860. The molecular formula is C15H23NO2. The monoisotopic (exact) mass is 249 g/mol. The fourth-order valence-corrected chi connectivity index (χ4v) is 2.52. The van der Waals surface area contributed by atoms with Gasteiger partial charge in [0.2, 0.25) is 0 Å². The van der Waals surface area contributed by atoms with Crippen molar-refractivity contribution in [2.75, 3.05) is 19.0 Å². The van der Waals surface area contributed by atoms with E-state index >= 15 is 0 Å². The normalized spacial score (nSPS) is 16.3. The van der Waals surface area contributed by atoms with Gasteiger partial charge < -0.3 is 14.8 Å². The fraction of sp³-hybridized carbons (Fsp3) is 0.600. The number of benzene rings is 1. The molecule has 1 fully saturated rings. The Labute approximate surface area is 109 Å². The molecule has 3 nitrogen and oxygen atoms in total. The summed E-state index contributed by atoms with van der Waals surface area (Å²) in [6.45, 7) is 2.64. The molecule has 18 heavy (non-hydrogen) atoms. The lowest BCUT2D eigenvalue weighted by Crippen LogP contribution is -2.22. The summed E-state index contributed by atoms with van der Waals surface area (Å²) < 4.78 is 10.9. The van der Waals surface area contributed by atoms with E-state index in [1.807, 2.05) is 19.1 Å². The topological polar surface area (TPSA) is 30.5 Å². The predicted octanol–water partition coefficient (Wildman–Crippen LogP) is 3.84. The van der Waals surface area contributed by atoms with Gasteiger partial charge in [0, 0.05) is 17.8 Å². The molecule has 100 valence electrons. The molecule has 1 saturated carbocycles. The molecule has 0 saturated heterocycles. The van der Waals surface area contributed by atoms with Crippen LogP contribution in [0.2, 0.25) is 0 Å². The standard InChI is InChI=1S/C15H23NO2/c1-3-18-15-11-13(9-10-14(15)17-2)16-12-7-5-4-6-8-12/h9-12,16H,3-8H2,1-2H3. The summed E-state index contributed by atoms with van der Waals surface area (Å²) in [7, 11) is 1.67. The Morgan fingerprint density at radius 3 is 2.61 bits per heavy atom. The van der Waals surface area contributed by atoms with Gasteiger partial charge in [-0.15, -0.1) is 0 Å². The predicted molar refractivity (Wildman–Crippen MR) is 74.7 cm³/mol. The molecule has 0 radical (unpaired) electrons. The van der Waals surface area contributed by atoms with E-state index in [1.54, 1.807) is 7.11 Å². The summed E-state index contributed by atoms with van der Waals surface area (Å²) in [5.41, 5.74) is 1.13. The number of hydrogen-bond donors (Lipinski definition) is 1. The molecule has 1 aliphatic rings. The maximum absolute atomic E-state index is 5.59. The number of ether oxygens (including phenoxy) is 2. The van der Waals surface area contributed by atoms with Gasteiger partial charge in [-0.3, -0.25) is 0 Å². The van der Waals surface area contributed by atoms with Gasteiger partial charge >= 0.3 is 0 Å². The minimum Gasteiger partial charge on any atom is -0.493 e. The van der Waals surface area contributed by atoms with Crippen LogP contribution in [-0.4, -0.2) is 19.8 Å². The average Bonchev–Trinajstić information content (AvgIpc) is 2.41. The lowest BCUT2D eigenvalue weighted by atomic mass is 9.95. The Balaban J connectivity index is 2.05. The zero-order valence-corrected chi connectivity index (χ0v) is 11.4. The summed E-state index contributed by atoms with van der Waals surface area (Å²) in [5, 5.41) is 3.60. The van der Waals surface area contributed by atoms with E-state index in [2.05, 4.69) is 11.4 Å². The summed E-state index contributed by atoms with van der Waals surface area (Å²) in [4.78, 5) is 0. The van der Waals surface area contributed by atoms with Gasteiger partial charge in [0.1, 0.15) is 0 Å². The highest BCUT2D eigenvalue weighted by atomic mass is 16.5. The second-order valence-electron chi connectivity index (χ2n) is 4.78. The van der Waals surface area contributed by atoms with Crippen LogP contribution < -0.4 is 14.8 Å². The summed E-state index contributed by atoms with van der Waals surface area (Å²) >= 11 is 0. The highest BCUT2D eigenvalue weighted by Crippen LogP contribution is 2.31. The van der Waals surface area contributed by atoms with Gasteiger partial charge in [-0.2, -0.15) is 0 Å². The first-order chi connectivity index (χ1) is 8.83. The van der Waals surface area contributed by atoms with E-state index in [0.717, 1.165) is 17.2 Å². The van der Waals surface area contributed by atoms with Crippen LogP contribution >= 0.6 is 0 Å². The molecule has 0 bridgehead atoms. The highest BCUT2D eigenvalue weighted by Gasteiger charge is 2.14. The Morgan fingerprint density at radius 1 is 1.17 bits per heavy atom. The second kappa shape index (κ2) is 6.53. The third-order valence-corrected chi connectivity index (χ3v) is 3.44. The third-order valence-electron chi connectivity index (χ3n) is 3.44. The Hall–Kier alpha value is -1.38. The largest absolute Gasteiger partial charge is 0.493 e. The molecule has 0 aliphatic heterocycles. The van der Waals surface area contributed by atoms with E-state index in [9.17, 15) is 0 Å². The van der Waals surface area contributed by atoms with Crippen molar-refractivity contribution in [3.63, 3.8) is 0 Å². The molecule has 1 N–H and O–H groups in total. The van der Waals surface area contributed by atoms with Crippen molar-refractivity contribution in [1.82, 2.24) is 0 Å². The van der Waals surface area contributed by atoms with E-state index < -0.39 is 0 Å². The van der Waals surface area contributed by atoms with Gasteiger partial charge in [-0.1, -0.05) is 19.3 Å². The molecule has 1 aliphatic carbocycles. The zero-order valence-electron chi connectivity index (χ0n) is 11.4. The molecule has 0 atom stereocenters. The first-order valence-electron chi connectivity index (χ1n) is 6.91. The Kier molecular flexibility index (Phi) is 4.73. The first-order valence-corrected chi connectivity index (χ1v) is 6.91. The average molecular weight is 249 g/mol. The highest BCUT2D eigenvalue weighted by molar-refractivity contribution is 5.55. The SMILES string of the molecule is CCOc1cc(NC2CCCCC2)ccc1OC. The van der Waals surface area contributed by atoms with Crippen LogP contribution in [0.4, 0.5) is 5.69 Å². The Morgan fingerprint density at radius 2 is 1.94 bits per heavy atom. The van der Waals surface area contributed by atoms with Gasteiger partial charge in [0.25, 0.3) is 0 Å². The number of rotatable bonds is 5. The van der Waals surface area contributed by atoms with Gasteiger partial charge in [0.05, 0.1) is 13.7 Å². The van der Waals surface area contributed by atoms with Crippen LogP contribution in [0.15, 0.2) is 18.2 Å². The molecule has 0 unspecified atom stereocenters. The maximum atomic E-state index is 5.59. The molecule has 1 aromatic carbocycles. The number of methoxy groups -OCH3 is 1. The van der Waals surface area contributed by atoms with Crippen LogP contribution in [0, 0.1) is 0 Å². The van der Waals surface area contributed by atoms with Crippen molar-refractivity contribution in [3.8, 4) is 11.5 Å². The number of nitrogens with one attached hydrogen (secondary N) is 1. The van der Waals surface area contributed by atoms with Gasteiger partial charge in [-0.25, -0.2) is 0 Å². The molecule has 1 aromatic rings. The number of hydrogen-bond acceptors (Lipinski definition) is 3. The van der Waals surface area contributed by atoms with Crippen molar-refractivity contribution in [2.45, 2.75) is 45.1 Å². The summed E-state index contributed by atoms with van der Waals surface area (Å²) in [6, 6.07) is 6.69. The zero-order chi connectivity index (χ0) is 12.8. The first kappa shape index (κ1) is 13.1. The minimum atomic E-state index is 0.613. The van der Waals surface area contributed by atoms with E-state index in [-0.39, 0.29) is 0 Å². The van der Waals surface area contributed by atoms with Crippen LogP contribution in [0.5, 0.6) is 11.5 Å². The van der Waals surface area contributed by atoms with Crippen molar-refractivity contribution < 1.29 is 9.47 Å². The molecule has 3 heteroatoms. The minimum absolute atomic E-state index is 0.613. The molecule has 2 rings (SSSR count). The lowest BCUT2D eigenvalue weighted by Gasteiger charge is -2.24. The van der Waals surface area contributed by atoms with Crippen LogP contribution in [0.25, 0.3) is 0 Å². The molecule has 0 amide bonds. The molecule has 0 spiro atoms. The fourth-order valence-electron chi connectivity index (χ4n) is 2.52. The second-order valence-corrected chi connectivity index (χ2v) is 4.78. The molecular weight excluding hydrogens is 226 g/mol. The Bertz CT molecular complexity index is 373. The van der Waals surface area contributed by atoms with Crippen molar-refractivity contribution in [1.29, 1.82) is 0 Å². The lowest BCUT2D eigenvalue weighted by molar-refractivity contribution is 0.311. The van der Waals surface area contributed by atoms with Gasteiger partial charge in [-0.05, 0) is 31.9 Å². The van der Waals surface area contributed by atoms with Crippen LogP contribution in [0.1, 0.15) is 39.0 Å². The van der Waals surface area contributed by atoms with E-state index in [4.69, 9.17) is 9.47 Å². The molecule has 0 aromatic heterocycles. The van der Waals surface area contributed by atoms with Crippen molar-refractivity contribution in [2.24, 2.45) is 0 Å². The van der Waals surface area contributed by atoms with Crippen molar-refractivity contribution >= 4 is 5.69 Å². The number of anilines is 1. The third kappa shape index (κ3) is 3.31. The maximum Gasteiger partial charge on any atom is 0.163 e. The smallest absolute Gasteiger partial charge is 0.163 e. The van der Waals surface area contributed by atoms with Crippen LogP contribution in [0.3, 0.4) is 0 Å². The van der Waals surface area contributed by atoms with Crippen LogP contribution in [-0.2, 0) is 0 Å². The van der Waals surface area contributed by atoms with E-state index in [1.165, 1.54) is 32.1 Å². The van der Waals surface area contributed by atoms with Crippen molar-refractivity contribution in [3.05, 3.63) is 18.2 Å². The summed E-state index contributed by atoms with van der Waals surface area (Å²) in [5.74, 6) is 1.62. The molecule has 0 heterocycles. The summed E-state index contributed by atoms with van der Waals surface area (Å²) in [6.07, 6.45) is 6.61. The van der Waals surface area contributed by atoms with E-state index in [0.29, 0.717) is 12.6 Å². The van der Waals surface area contributed by atoms with Gasteiger partial charge in [0.15, 0.2) is 11.5 Å².